The summed E-state index contributed by atoms with van der Waals surface area (Å²) in [6.07, 6.45) is 0.0982. The van der Waals surface area contributed by atoms with E-state index in [2.05, 4.69) is 5.32 Å². The first kappa shape index (κ1) is 13.3. The zero-order valence-corrected chi connectivity index (χ0v) is 10.9. The largest absolute Gasteiger partial charge is 0.455 e. The van der Waals surface area contributed by atoms with Gasteiger partial charge in [-0.25, -0.2) is 0 Å². The van der Waals surface area contributed by atoms with Gasteiger partial charge in [0.1, 0.15) is 0 Å². The number of ether oxygens (including phenoxy) is 1. The summed E-state index contributed by atoms with van der Waals surface area (Å²) in [5.74, 6) is -0.521. The second kappa shape index (κ2) is 5.26. The van der Waals surface area contributed by atoms with Crippen LogP contribution >= 0.6 is 0 Å². The summed E-state index contributed by atoms with van der Waals surface area (Å²) in [5, 5.41) is 14.0. The Hall–Kier alpha value is -2.11. The van der Waals surface area contributed by atoms with E-state index in [1.807, 2.05) is 6.92 Å². The van der Waals surface area contributed by atoms with E-state index in [1.165, 1.54) is 6.07 Å². The van der Waals surface area contributed by atoms with Gasteiger partial charge in [0, 0.05) is 11.8 Å². The molecule has 19 heavy (non-hydrogen) atoms. The van der Waals surface area contributed by atoms with Gasteiger partial charge in [0.2, 0.25) is 0 Å². The third-order valence-electron chi connectivity index (χ3n) is 3.35. The number of anilines is 1. The highest BCUT2D eigenvalue weighted by molar-refractivity contribution is 5.74. The van der Waals surface area contributed by atoms with Crippen molar-refractivity contribution in [3.05, 3.63) is 33.9 Å². The summed E-state index contributed by atoms with van der Waals surface area (Å²) in [6, 6.07) is 4.79. The first-order valence-corrected chi connectivity index (χ1v) is 6.26. The number of nitrogens with zero attached hydrogens (tertiary/aromatic N) is 1. The van der Waals surface area contributed by atoms with Crippen LogP contribution in [0.15, 0.2) is 18.2 Å². The van der Waals surface area contributed by atoms with Gasteiger partial charge in [-0.3, -0.25) is 14.9 Å². The van der Waals surface area contributed by atoms with Crippen LogP contribution < -0.4 is 5.32 Å². The zero-order chi connectivity index (χ0) is 14.0. The molecule has 2 rings (SSSR count). The van der Waals surface area contributed by atoms with Crippen LogP contribution in [0.1, 0.15) is 31.9 Å². The summed E-state index contributed by atoms with van der Waals surface area (Å²) >= 11 is 0. The Morgan fingerprint density at radius 2 is 2.37 bits per heavy atom. The van der Waals surface area contributed by atoms with E-state index in [-0.39, 0.29) is 17.6 Å². The molecule has 1 N–H and O–H groups in total. The van der Waals surface area contributed by atoms with Crippen molar-refractivity contribution >= 4 is 17.3 Å². The maximum absolute atomic E-state index is 11.8. The van der Waals surface area contributed by atoms with Gasteiger partial charge in [-0.05, 0) is 12.5 Å². The standard InChI is InChI=1S/C13H16N2O4/c1-3-8(2)13(16)19-11-7-14-9-5-4-6-10(12(9)11)15(17)18/h4-6,8,11,14H,3,7H2,1-2H3. The van der Waals surface area contributed by atoms with Crippen molar-refractivity contribution < 1.29 is 14.5 Å². The van der Waals surface area contributed by atoms with Gasteiger partial charge in [-0.15, -0.1) is 0 Å². The summed E-state index contributed by atoms with van der Waals surface area (Å²) in [7, 11) is 0. The number of fused-ring (bicyclic) bond motifs is 1. The molecule has 1 aliphatic rings. The lowest BCUT2D eigenvalue weighted by molar-refractivity contribution is -0.386. The van der Waals surface area contributed by atoms with Crippen molar-refractivity contribution in [1.82, 2.24) is 0 Å². The van der Waals surface area contributed by atoms with E-state index in [1.54, 1.807) is 19.1 Å². The minimum atomic E-state index is -0.585. The topological polar surface area (TPSA) is 81.5 Å². The molecule has 0 saturated carbocycles. The maximum Gasteiger partial charge on any atom is 0.309 e. The van der Waals surface area contributed by atoms with Crippen molar-refractivity contribution in [2.45, 2.75) is 26.4 Å². The van der Waals surface area contributed by atoms with Crippen molar-refractivity contribution in [3.8, 4) is 0 Å². The first-order valence-electron chi connectivity index (χ1n) is 6.26. The van der Waals surface area contributed by atoms with Crippen molar-refractivity contribution in [2.75, 3.05) is 11.9 Å². The smallest absolute Gasteiger partial charge is 0.309 e. The number of benzene rings is 1. The third-order valence-corrected chi connectivity index (χ3v) is 3.35. The minimum absolute atomic E-state index is 0.00977. The number of carbonyl (C=O) groups excluding carboxylic acids is 1. The summed E-state index contributed by atoms with van der Waals surface area (Å²) in [5.41, 5.74) is 1.12. The van der Waals surface area contributed by atoms with E-state index in [0.29, 0.717) is 24.2 Å². The number of carbonyl (C=O) groups is 1. The number of nitro groups is 1. The van der Waals surface area contributed by atoms with Crippen molar-refractivity contribution in [1.29, 1.82) is 0 Å². The van der Waals surface area contributed by atoms with Gasteiger partial charge < -0.3 is 10.1 Å². The Bertz CT molecular complexity index is 515. The Balaban J connectivity index is 2.26. The number of nitrogens with one attached hydrogen (secondary N) is 1. The molecule has 0 fully saturated rings. The number of esters is 1. The second-order valence-electron chi connectivity index (χ2n) is 4.61. The van der Waals surface area contributed by atoms with Crippen LogP contribution in [0.2, 0.25) is 0 Å². The molecule has 1 heterocycles. The molecule has 0 saturated heterocycles. The monoisotopic (exact) mass is 264 g/mol. The Kier molecular flexibility index (Phi) is 3.69. The second-order valence-corrected chi connectivity index (χ2v) is 4.61. The highest BCUT2D eigenvalue weighted by atomic mass is 16.6. The van der Waals surface area contributed by atoms with Crippen LogP contribution in [0, 0.1) is 16.0 Å². The highest BCUT2D eigenvalue weighted by Gasteiger charge is 2.33. The molecule has 0 spiro atoms. The fourth-order valence-electron chi connectivity index (χ4n) is 2.03. The normalized spacial score (nSPS) is 18.3. The van der Waals surface area contributed by atoms with E-state index in [4.69, 9.17) is 4.74 Å². The SMILES string of the molecule is CCC(C)C(=O)OC1CNc2cccc([N+](=O)[O-])c21. The van der Waals surface area contributed by atoms with Crippen LogP contribution in [-0.4, -0.2) is 17.4 Å². The van der Waals surface area contributed by atoms with E-state index < -0.39 is 11.0 Å². The average Bonchev–Trinajstić information content (AvgIpc) is 2.80. The molecule has 6 heteroatoms. The molecule has 1 aromatic carbocycles. The van der Waals surface area contributed by atoms with E-state index >= 15 is 0 Å². The van der Waals surface area contributed by atoms with Crippen LogP contribution in [0.25, 0.3) is 0 Å². The molecular weight excluding hydrogens is 248 g/mol. The molecule has 2 unspecified atom stereocenters. The van der Waals surface area contributed by atoms with Gasteiger partial charge in [0.25, 0.3) is 5.69 Å². The number of nitro benzene ring substituents is 1. The molecule has 0 aliphatic carbocycles. The van der Waals surface area contributed by atoms with Gasteiger partial charge in [-0.2, -0.15) is 0 Å². The minimum Gasteiger partial charge on any atom is -0.455 e. The molecular formula is C13H16N2O4. The summed E-state index contributed by atoms with van der Waals surface area (Å²) in [4.78, 5) is 22.4. The van der Waals surface area contributed by atoms with Gasteiger partial charge in [0.15, 0.2) is 6.10 Å². The average molecular weight is 264 g/mol. The zero-order valence-electron chi connectivity index (χ0n) is 10.9. The number of rotatable bonds is 4. The molecule has 0 aromatic heterocycles. The number of hydrogen-bond donors (Lipinski definition) is 1. The Morgan fingerprint density at radius 1 is 1.63 bits per heavy atom. The number of hydrogen-bond acceptors (Lipinski definition) is 5. The summed E-state index contributed by atoms with van der Waals surface area (Å²) < 4.78 is 5.38. The molecule has 0 radical (unpaired) electrons. The Morgan fingerprint density at radius 3 is 3.00 bits per heavy atom. The predicted molar refractivity (Wildman–Crippen MR) is 69.9 cm³/mol. The quantitative estimate of drug-likeness (QED) is 0.513. The molecule has 1 aromatic rings. The third kappa shape index (κ3) is 2.52. The van der Waals surface area contributed by atoms with Crippen LogP contribution in [0.4, 0.5) is 11.4 Å². The van der Waals surface area contributed by atoms with Gasteiger partial charge >= 0.3 is 5.97 Å². The van der Waals surface area contributed by atoms with E-state index in [9.17, 15) is 14.9 Å². The maximum atomic E-state index is 11.8. The van der Waals surface area contributed by atoms with Crippen LogP contribution in [-0.2, 0) is 9.53 Å². The lowest BCUT2D eigenvalue weighted by atomic mass is 10.1. The Labute approximate surface area is 110 Å². The predicted octanol–water partition coefficient (Wildman–Crippen LogP) is 2.65. The fraction of sp³-hybridized carbons (Fsp3) is 0.462. The lowest BCUT2D eigenvalue weighted by Gasteiger charge is -2.15. The van der Waals surface area contributed by atoms with E-state index in [0.717, 1.165) is 0 Å². The molecule has 2 atom stereocenters. The molecule has 1 aliphatic heterocycles. The van der Waals surface area contributed by atoms with Crippen LogP contribution in [0.3, 0.4) is 0 Å². The fourth-order valence-corrected chi connectivity index (χ4v) is 2.03. The van der Waals surface area contributed by atoms with Crippen molar-refractivity contribution in [3.63, 3.8) is 0 Å². The highest BCUT2D eigenvalue weighted by Crippen LogP contribution is 2.39. The molecule has 102 valence electrons. The van der Waals surface area contributed by atoms with Gasteiger partial charge in [0.05, 0.1) is 22.9 Å². The van der Waals surface area contributed by atoms with Crippen LogP contribution in [0.5, 0.6) is 0 Å². The first-order chi connectivity index (χ1) is 9.04. The molecule has 0 bridgehead atoms. The lowest BCUT2D eigenvalue weighted by Crippen LogP contribution is -2.19. The summed E-state index contributed by atoms with van der Waals surface area (Å²) in [6.45, 7) is 4.06. The van der Waals surface area contributed by atoms with Gasteiger partial charge in [-0.1, -0.05) is 19.9 Å². The molecule has 0 amide bonds. The molecule has 6 nitrogen and oxygen atoms in total. The van der Waals surface area contributed by atoms with Crippen molar-refractivity contribution in [2.24, 2.45) is 5.92 Å².